The van der Waals surface area contributed by atoms with E-state index in [1.807, 2.05) is 0 Å². The van der Waals surface area contributed by atoms with Crippen LogP contribution in [0.2, 0.25) is 5.02 Å². The lowest BCUT2D eigenvalue weighted by Gasteiger charge is -2.10. The van der Waals surface area contributed by atoms with E-state index in [-0.39, 0.29) is 5.69 Å². The van der Waals surface area contributed by atoms with E-state index in [9.17, 15) is 18.0 Å². The highest BCUT2D eigenvalue weighted by atomic mass is 79.9. The molecule has 0 saturated carbocycles. The molecule has 1 N–H and O–H groups in total. The largest absolute Gasteiger partial charge is 0.417 e. The van der Waals surface area contributed by atoms with E-state index < -0.39 is 21.6 Å². The first kappa shape index (κ1) is 12.3. The van der Waals surface area contributed by atoms with E-state index in [4.69, 9.17) is 11.6 Å². The molecular weight excluding hydrogens is 298 g/mol. The lowest BCUT2D eigenvalue weighted by atomic mass is 10.2. The van der Waals surface area contributed by atoms with Crippen LogP contribution < -0.4 is 5.32 Å². The summed E-state index contributed by atoms with van der Waals surface area (Å²) < 4.78 is 37.1. The number of amides is 1. The third-order valence-corrected chi connectivity index (χ3v) is 2.04. The highest BCUT2D eigenvalue weighted by Gasteiger charge is 2.33. The van der Waals surface area contributed by atoms with Crippen LogP contribution in [-0.4, -0.2) is 4.82 Å². The van der Waals surface area contributed by atoms with Crippen molar-refractivity contribution in [3.8, 4) is 0 Å². The SMILES string of the molecule is O=C(Br)Nc1ccc(Cl)c(C(F)(F)F)c1. The third kappa shape index (κ3) is 3.39. The van der Waals surface area contributed by atoms with Gasteiger partial charge in [-0.25, -0.2) is 0 Å². The predicted octanol–water partition coefficient (Wildman–Crippen LogP) is 4.29. The molecule has 1 aromatic carbocycles. The first-order valence-corrected chi connectivity index (χ1v) is 4.81. The monoisotopic (exact) mass is 301 g/mol. The summed E-state index contributed by atoms with van der Waals surface area (Å²) in [6.07, 6.45) is -4.54. The zero-order valence-electron chi connectivity index (χ0n) is 7.03. The molecule has 0 aliphatic carbocycles. The summed E-state index contributed by atoms with van der Waals surface area (Å²) in [6, 6.07) is 3.11. The van der Waals surface area contributed by atoms with Gasteiger partial charge in [-0.3, -0.25) is 4.79 Å². The summed E-state index contributed by atoms with van der Waals surface area (Å²) >= 11 is 7.91. The van der Waals surface area contributed by atoms with Gasteiger partial charge >= 0.3 is 6.18 Å². The maximum Gasteiger partial charge on any atom is 0.417 e. The van der Waals surface area contributed by atoms with Gasteiger partial charge in [-0.1, -0.05) is 11.6 Å². The van der Waals surface area contributed by atoms with Gasteiger partial charge in [0.15, 0.2) is 0 Å². The number of hydrogen-bond acceptors (Lipinski definition) is 1. The maximum atomic E-state index is 12.4. The van der Waals surface area contributed by atoms with E-state index in [1.54, 1.807) is 0 Å². The molecular formula is C8H4BrClF3NO. The molecule has 0 heterocycles. The molecule has 15 heavy (non-hydrogen) atoms. The number of alkyl halides is 3. The van der Waals surface area contributed by atoms with Gasteiger partial charge in [0.2, 0.25) is 0 Å². The molecule has 2 nitrogen and oxygen atoms in total. The minimum atomic E-state index is -4.54. The number of nitrogens with one attached hydrogen (secondary N) is 1. The van der Waals surface area contributed by atoms with Crippen LogP contribution >= 0.6 is 27.5 Å². The Balaban J connectivity index is 3.11. The molecule has 1 rings (SSSR count). The highest BCUT2D eigenvalue weighted by molar-refractivity contribution is 9.18. The minimum Gasteiger partial charge on any atom is -0.317 e. The predicted molar refractivity (Wildman–Crippen MR) is 54.4 cm³/mol. The Labute approximate surface area is 96.5 Å². The van der Waals surface area contributed by atoms with E-state index in [0.717, 1.165) is 12.1 Å². The summed E-state index contributed by atoms with van der Waals surface area (Å²) in [5.41, 5.74) is -0.962. The van der Waals surface area contributed by atoms with Gasteiger partial charge in [-0.15, -0.1) is 0 Å². The van der Waals surface area contributed by atoms with Crippen molar-refractivity contribution in [1.82, 2.24) is 0 Å². The maximum absolute atomic E-state index is 12.4. The zero-order valence-corrected chi connectivity index (χ0v) is 9.37. The molecule has 0 atom stereocenters. The standard InChI is InChI=1S/C8H4BrClF3NO/c9-7(15)14-4-1-2-6(10)5(3-4)8(11,12)13/h1-3H,(H,14,15). The summed E-state index contributed by atoms with van der Waals surface area (Å²) in [7, 11) is 0. The summed E-state index contributed by atoms with van der Waals surface area (Å²) in [5, 5.41) is 1.76. The molecule has 0 fully saturated rings. The summed E-state index contributed by atoms with van der Waals surface area (Å²) in [6.45, 7) is 0. The van der Waals surface area contributed by atoms with E-state index in [2.05, 4.69) is 21.2 Å². The van der Waals surface area contributed by atoms with Crippen LogP contribution in [0, 0.1) is 0 Å². The topological polar surface area (TPSA) is 29.1 Å². The zero-order chi connectivity index (χ0) is 11.6. The fourth-order valence-electron chi connectivity index (χ4n) is 0.934. The van der Waals surface area contributed by atoms with Crippen molar-refractivity contribution in [2.45, 2.75) is 6.18 Å². The van der Waals surface area contributed by atoms with E-state index in [0.29, 0.717) is 0 Å². The van der Waals surface area contributed by atoms with Gasteiger partial charge in [0.05, 0.1) is 10.6 Å². The van der Waals surface area contributed by atoms with Crippen LogP contribution in [0.1, 0.15) is 5.56 Å². The number of hydrogen-bond donors (Lipinski definition) is 1. The normalized spacial score (nSPS) is 11.3. The van der Waals surface area contributed by atoms with Gasteiger partial charge in [-0.05, 0) is 18.2 Å². The van der Waals surface area contributed by atoms with Gasteiger partial charge in [0, 0.05) is 21.6 Å². The molecule has 1 amide bonds. The summed E-state index contributed by atoms with van der Waals surface area (Å²) in [5.74, 6) is 0. The molecule has 0 aliphatic heterocycles. The van der Waals surface area contributed by atoms with Gasteiger partial charge in [0.25, 0.3) is 4.82 Å². The molecule has 0 spiro atoms. The number of halogens is 5. The van der Waals surface area contributed by atoms with Gasteiger partial charge in [0.1, 0.15) is 0 Å². The fraction of sp³-hybridized carbons (Fsp3) is 0.125. The molecule has 7 heteroatoms. The van der Waals surface area contributed by atoms with Crippen molar-refractivity contribution in [2.75, 3.05) is 5.32 Å². The van der Waals surface area contributed by atoms with Crippen LogP contribution in [0.5, 0.6) is 0 Å². The second kappa shape index (κ2) is 4.40. The Morgan fingerprint density at radius 1 is 1.40 bits per heavy atom. The molecule has 0 radical (unpaired) electrons. The van der Waals surface area contributed by atoms with Crippen LogP contribution in [0.25, 0.3) is 0 Å². The smallest absolute Gasteiger partial charge is 0.317 e. The molecule has 0 bridgehead atoms. The van der Waals surface area contributed by atoms with Crippen LogP contribution in [-0.2, 0) is 6.18 Å². The van der Waals surface area contributed by atoms with Crippen molar-refractivity contribution in [3.05, 3.63) is 28.8 Å². The number of benzene rings is 1. The first-order chi connectivity index (χ1) is 6.80. The van der Waals surface area contributed by atoms with Crippen molar-refractivity contribution in [2.24, 2.45) is 0 Å². The first-order valence-electron chi connectivity index (χ1n) is 3.64. The molecule has 0 saturated heterocycles. The molecule has 0 unspecified atom stereocenters. The van der Waals surface area contributed by atoms with Crippen molar-refractivity contribution >= 4 is 38.0 Å². The average Bonchev–Trinajstić information content (AvgIpc) is 2.05. The number of rotatable bonds is 1. The molecule has 1 aromatic rings. The number of carbonyl (C=O) groups excluding carboxylic acids is 1. The Morgan fingerprint density at radius 3 is 2.47 bits per heavy atom. The van der Waals surface area contributed by atoms with Crippen LogP contribution in [0.15, 0.2) is 18.2 Å². The fourth-order valence-corrected chi connectivity index (χ4v) is 1.39. The summed E-state index contributed by atoms with van der Waals surface area (Å²) in [4.78, 5) is 9.92. The lowest BCUT2D eigenvalue weighted by Crippen LogP contribution is -2.08. The molecule has 0 aromatic heterocycles. The lowest BCUT2D eigenvalue weighted by molar-refractivity contribution is -0.137. The van der Waals surface area contributed by atoms with Crippen molar-refractivity contribution < 1.29 is 18.0 Å². The average molecular weight is 302 g/mol. The molecule has 0 aliphatic rings. The van der Waals surface area contributed by atoms with Crippen molar-refractivity contribution in [3.63, 3.8) is 0 Å². The second-order valence-corrected chi connectivity index (χ2v) is 3.72. The van der Waals surface area contributed by atoms with Gasteiger partial charge in [-0.2, -0.15) is 13.2 Å². The Bertz CT molecular complexity index is 394. The Hall–Kier alpha value is -0.750. The molecule has 82 valence electrons. The highest BCUT2D eigenvalue weighted by Crippen LogP contribution is 2.36. The van der Waals surface area contributed by atoms with E-state index in [1.165, 1.54) is 6.07 Å². The van der Waals surface area contributed by atoms with Gasteiger partial charge < -0.3 is 5.32 Å². The number of anilines is 1. The van der Waals surface area contributed by atoms with Crippen LogP contribution in [0.3, 0.4) is 0 Å². The number of carbonyl (C=O) groups is 1. The second-order valence-electron chi connectivity index (χ2n) is 2.59. The Kier molecular flexibility index (Phi) is 3.62. The third-order valence-electron chi connectivity index (χ3n) is 1.51. The van der Waals surface area contributed by atoms with Crippen LogP contribution in [0.4, 0.5) is 23.7 Å². The Morgan fingerprint density at radius 2 is 2.00 bits per heavy atom. The minimum absolute atomic E-state index is 0.0219. The quantitative estimate of drug-likeness (QED) is 0.608. The van der Waals surface area contributed by atoms with E-state index >= 15 is 0 Å². The van der Waals surface area contributed by atoms with Crippen molar-refractivity contribution in [1.29, 1.82) is 0 Å².